The van der Waals surface area contributed by atoms with E-state index < -0.39 is 0 Å². The standard InChI is InChI=1S/C14H21N3OS/c1-3-7-15-10-12-11-18-14(16-12)17(2)8-6-13-5-4-9-19-13/h4-5,9,11,15H,3,6-8,10H2,1-2H3. The van der Waals surface area contributed by atoms with Crippen LogP contribution in [0.3, 0.4) is 0 Å². The van der Waals surface area contributed by atoms with E-state index in [9.17, 15) is 0 Å². The first kappa shape index (κ1) is 14.1. The van der Waals surface area contributed by atoms with Gasteiger partial charge in [-0.3, -0.25) is 0 Å². The molecule has 19 heavy (non-hydrogen) atoms. The molecule has 2 aromatic rings. The van der Waals surface area contributed by atoms with E-state index in [1.165, 1.54) is 4.88 Å². The zero-order valence-electron chi connectivity index (χ0n) is 11.6. The van der Waals surface area contributed by atoms with Crippen LogP contribution in [0.25, 0.3) is 0 Å². The summed E-state index contributed by atoms with van der Waals surface area (Å²) in [5.41, 5.74) is 0.964. The van der Waals surface area contributed by atoms with Gasteiger partial charge in [0.05, 0.1) is 5.69 Å². The Morgan fingerprint density at radius 3 is 3.11 bits per heavy atom. The fourth-order valence-corrected chi connectivity index (χ4v) is 2.47. The van der Waals surface area contributed by atoms with Gasteiger partial charge in [-0.2, -0.15) is 4.98 Å². The third kappa shape index (κ3) is 4.36. The number of nitrogens with zero attached hydrogens (tertiary/aromatic N) is 2. The molecule has 0 aliphatic rings. The van der Waals surface area contributed by atoms with Gasteiger partial charge in [0.1, 0.15) is 6.26 Å². The minimum Gasteiger partial charge on any atom is -0.432 e. The first-order valence-electron chi connectivity index (χ1n) is 6.68. The summed E-state index contributed by atoms with van der Waals surface area (Å²) in [6.07, 6.45) is 3.89. The first-order valence-corrected chi connectivity index (χ1v) is 7.56. The van der Waals surface area contributed by atoms with Crippen molar-refractivity contribution in [2.45, 2.75) is 26.3 Å². The van der Waals surface area contributed by atoms with Gasteiger partial charge in [0, 0.05) is 25.0 Å². The maximum atomic E-state index is 5.51. The number of anilines is 1. The molecule has 0 saturated heterocycles. The van der Waals surface area contributed by atoms with Crippen molar-refractivity contribution in [1.29, 1.82) is 0 Å². The zero-order chi connectivity index (χ0) is 13.5. The molecule has 0 aliphatic heterocycles. The van der Waals surface area contributed by atoms with Gasteiger partial charge in [0.25, 0.3) is 6.01 Å². The summed E-state index contributed by atoms with van der Waals surface area (Å²) in [7, 11) is 2.02. The van der Waals surface area contributed by atoms with E-state index in [2.05, 4.69) is 39.6 Å². The molecule has 0 fully saturated rings. The van der Waals surface area contributed by atoms with Crippen LogP contribution in [0.2, 0.25) is 0 Å². The molecule has 0 aliphatic carbocycles. The highest BCUT2D eigenvalue weighted by Crippen LogP contribution is 2.14. The van der Waals surface area contributed by atoms with E-state index >= 15 is 0 Å². The molecule has 0 bridgehead atoms. The van der Waals surface area contributed by atoms with E-state index in [1.807, 2.05) is 7.05 Å². The minimum atomic E-state index is 0.699. The smallest absolute Gasteiger partial charge is 0.297 e. The molecular formula is C14H21N3OS. The van der Waals surface area contributed by atoms with Crippen LogP contribution in [-0.4, -0.2) is 25.1 Å². The normalized spacial score (nSPS) is 10.8. The molecule has 1 N–H and O–H groups in total. The third-order valence-corrected chi connectivity index (χ3v) is 3.81. The van der Waals surface area contributed by atoms with Gasteiger partial charge in [0.2, 0.25) is 0 Å². The summed E-state index contributed by atoms with van der Waals surface area (Å²) in [5, 5.41) is 5.43. The molecular weight excluding hydrogens is 258 g/mol. The highest BCUT2D eigenvalue weighted by Gasteiger charge is 2.09. The zero-order valence-corrected chi connectivity index (χ0v) is 12.4. The van der Waals surface area contributed by atoms with E-state index in [0.29, 0.717) is 6.01 Å². The van der Waals surface area contributed by atoms with Crippen molar-refractivity contribution < 1.29 is 4.42 Å². The van der Waals surface area contributed by atoms with Crippen molar-refractivity contribution in [1.82, 2.24) is 10.3 Å². The Hall–Kier alpha value is -1.33. The number of hydrogen-bond acceptors (Lipinski definition) is 5. The van der Waals surface area contributed by atoms with E-state index in [1.54, 1.807) is 17.6 Å². The molecule has 0 amide bonds. The average Bonchev–Trinajstić information content (AvgIpc) is 3.07. The van der Waals surface area contributed by atoms with E-state index in [0.717, 1.165) is 38.2 Å². The fourth-order valence-electron chi connectivity index (χ4n) is 1.77. The van der Waals surface area contributed by atoms with Crippen LogP contribution in [0.15, 0.2) is 28.2 Å². The fraction of sp³-hybridized carbons (Fsp3) is 0.500. The Morgan fingerprint density at radius 1 is 1.47 bits per heavy atom. The van der Waals surface area contributed by atoms with Crippen molar-refractivity contribution >= 4 is 17.4 Å². The summed E-state index contributed by atoms with van der Waals surface area (Å²) in [6.45, 7) is 4.86. The van der Waals surface area contributed by atoms with Gasteiger partial charge in [0.15, 0.2) is 0 Å². The van der Waals surface area contributed by atoms with Crippen LogP contribution in [-0.2, 0) is 13.0 Å². The molecule has 5 heteroatoms. The highest BCUT2D eigenvalue weighted by atomic mass is 32.1. The van der Waals surface area contributed by atoms with Gasteiger partial charge >= 0.3 is 0 Å². The van der Waals surface area contributed by atoms with Crippen LogP contribution in [0, 0.1) is 0 Å². The number of nitrogens with one attached hydrogen (secondary N) is 1. The van der Waals surface area contributed by atoms with E-state index in [4.69, 9.17) is 4.42 Å². The highest BCUT2D eigenvalue weighted by molar-refractivity contribution is 7.09. The number of oxazole rings is 1. The average molecular weight is 279 g/mol. The molecule has 0 saturated carbocycles. The second-order valence-corrected chi connectivity index (χ2v) is 5.58. The molecule has 0 atom stereocenters. The molecule has 2 aromatic heterocycles. The number of likely N-dealkylation sites (N-methyl/N-ethyl adjacent to an activating group) is 1. The monoisotopic (exact) mass is 279 g/mol. The summed E-state index contributed by atoms with van der Waals surface area (Å²) in [6, 6.07) is 4.95. The van der Waals surface area contributed by atoms with Crippen LogP contribution in [0.5, 0.6) is 0 Å². The van der Waals surface area contributed by atoms with Gasteiger partial charge in [-0.25, -0.2) is 0 Å². The largest absolute Gasteiger partial charge is 0.432 e. The van der Waals surface area contributed by atoms with Crippen LogP contribution in [0.4, 0.5) is 6.01 Å². The van der Waals surface area contributed by atoms with Crippen LogP contribution >= 0.6 is 11.3 Å². The predicted molar refractivity (Wildman–Crippen MR) is 79.8 cm³/mol. The van der Waals surface area contributed by atoms with Gasteiger partial charge in [-0.1, -0.05) is 13.0 Å². The molecule has 0 aromatic carbocycles. The molecule has 0 spiro atoms. The minimum absolute atomic E-state index is 0.699. The summed E-state index contributed by atoms with van der Waals surface area (Å²) >= 11 is 1.79. The van der Waals surface area contributed by atoms with Crippen LogP contribution in [0.1, 0.15) is 23.9 Å². The van der Waals surface area contributed by atoms with Crippen LogP contribution < -0.4 is 10.2 Å². The Morgan fingerprint density at radius 2 is 2.37 bits per heavy atom. The lowest BCUT2D eigenvalue weighted by atomic mass is 10.3. The molecule has 2 heterocycles. The third-order valence-electron chi connectivity index (χ3n) is 2.87. The Kier molecular flexibility index (Phi) is 5.42. The van der Waals surface area contributed by atoms with Gasteiger partial charge in [-0.05, 0) is 30.8 Å². The maximum absolute atomic E-state index is 5.51. The van der Waals surface area contributed by atoms with E-state index in [-0.39, 0.29) is 0 Å². The Labute approximate surface area is 118 Å². The Bertz CT molecular complexity index is 467. The lowest BCUT2D eigenvalue weighted by Gasteiger charge is -2.13. The molecule has 0 radical (unpaired) electrons. The molecule has 2 rings (SSSR count). The summed E-state index contributed by atoms with van der Waals surface area (Å²) in [5.74, 6) is 0. The molecule has 0 unspecified atom stereocenters. The number of aromatic nitrogens is 1. The number of thiophene rings is 1. The van der Waals surface area contributed by atoms with Crippen molar-refractivity contribution in [3.05, 3.63) is 34.3 Å². The number of rotatable bonds is 8. The van der Waals surface area contributed by atoms with Crippen molar-refractivity contribution in [2.75, 3.05) is 25.0 Å². The maximum Gasteiger partial charge on any atom is 0.297 e. The van der Waals surface area contributed by atoms with Crippen molar-refractivity contribution in [3.63, 3.8) is 0 Å². The Balaban J connectivity index is 1.80. The van der Waals surface area contributed by atoms with Crippen molar-refractivity contribution in [2.24, 2.45) is 0 Å². The number of hydrogen-bond donors (Lipinski definition) is 1. The lowest BCUT2D eigenvalue weighted by Crippen LogP contribution is -2.20. The quantitative estimate of drug-likeness (QED) is 0.754. The molecule has 104 valence electrons. The van der Waals surface area contributed by atoms with Gasteiger partial charge in [-0.15, -0.1) is 11.3 Å². The molecule has 4 nitrogen and oxygen atoms in total. The lowest BCUT2D eigenvalue weighted by molar-refractivity contribution is 0.543. The summed E-state index contributed by atoms with van der Waals surface area (Å²) in [4.78, 5) is 7.93. The first-order chi connectivity index (χ1) is 9.29. The SMILES string of the molecule is CCCNCc1coc(N(C)CCc2cccs2)n1. The second kappa shape index (κ2) is 7.31. The topological polar surface area (TPSA) is 41.3 Å². The van der Waals surface area contributed by atoms with Crippen molar-refractivity contribution in [3.8, 4) is 0 Å². The summed E-state index contributed by atoms with van der Waals surface area (Å²) < 4.78 is 5.51. The second-order valence-electron chi connectivity index (χ2n) is 4.55. The van der Waals surface area contributed by atoms with Gasteiger partial charge < -0.3 is 14.6 Å². The predicted octanol–water partition coefficient (Wildman–Crippen LogP) is 2.91.